The summed E-state index contributed by atoms with van der Waals surface area (Å²) >= 11 is 0. The third-order valence-electron chi connectivity index (χ3n) is 2.63. The van der Waals surface area contributed by atoms with Crippen LogP contribution in [0.4, 0.5) is 4.79 Å². The number of rotatable bonds is 0. The number of carbonyl (C=O) groups is 2. The molecule has 0 unspecified atom stereocenters. The van der Waals surface area contributed by atoms with E-state index in [9.17, 15) is 9.59 Å². The van der Waals surface area contributed by atoms with Gasteiger partial charge in [0.2, 0.25) is 5.91 Å². The summed E-state index contributed by atoms with van der Waals surface area (Å²) in [6.45, 7) is 12.9. The second-order valence-corrected chi connectivity index (χ2v) is 5.60. The van der Waals surface area contributed by atoms with Crippen molar-refractivity contribution in [3.8, 4) is 0 Å². The van der Waals surface area contributed by atoms with Crippen LogP contribution in [0.15, 0.2) is 12.2 Å². The molecule has 0 bridgehead atoms. The van der Waals surface area contributed by atoms with Crippen LogP contribution in [-0.2, 0) is 9.53 Å². The van der Waals surface area contributed by atoms with Crippen molar-refractivity contribution in [3.63, 3.8) is 0 Å². The predicted octanol–water partition coefficient (Wildman–Crippen LogP) is 2.35. The Morgan fingerprint density at radius 2 is 1.94 bits per heavy atom. The molecular weight excluding hydrogens is 206 g/mol. The highest BCUT2D eigenvalue weighted by molar-refractivity contribution is 5.99. The minimum absolute atomic E-state index is 0.244. The van der Waals surface area contributed by atoms with Gasteiger partial charge in [0.15, 0.2) is 0 Å². The highest BCUT2D eigenvalue weighted by Gasteiger charge is 2.45. The van der Waals surface area contributed by atoms with Crippen LogP contribution in [0.25, 0.3) is 0 Å². The van der Waals surface area contributed by atoms with Gasteiger partial charge in [-0.2, -0.15) is 0 Å². The van der Waals surface area contributed by atoms with E-state index in [4.69, 9.17) is 4.74 Å². The van der Waals surface area contributed by atoms with E-state index in [1.165, 1.54) is 0 Å². The number of imide groups is 1. The average Bonchev–Trinajstić information content (AvgIpc) is 2.26. The second kappa shape index (κ2) is 3.61. The average molecular weight is 225 g/mol. The van der Waals surface area contributed by atoms with Crippen molar-refractivity contribution in [2.45, 2.75) is 40.2 Å². The zero-order valence-corrected chi connectivity index (χ0v) is 10.6. The maximum absolute atomic E-state index is 11.9. The Balaban J connectivity index is 2.82. The van der Waals surface area contributed by atoms with Gasteiger partial charge in [-0.25, -0.2) is 9.69 Å². The van der Waals surface area contributed by atoms with E-state index in [-0.39, 0.29) is 12.5 Å². The molecule has 16 heavy (non-hydrogen) atoms. The predicted molar refractivity (Wildman–Crippen MR) is 60.9 cm³/mol. The first-order valence-corrected chi connectivity index (χ1v) is 5.29. The minimum Gasteiger partial charge on any atom is -0.443 e. The summed E-state index contributed by atoms with van der Waals surface area (Å²) in [6.07, 6.45) is -0.593. The maximum atomic E-state index is 11.9. The number of ether oxygens (including phenoxy) is 1. The number of hydrogen-bond acceptors (Lipinski definition) is 3. The largest absolute Gasteiger partial charge is 0.443 e. The first-order chi connectivity index (χ1) is 7.05. The van der Waals surface area contributed by atoms with E-state index in [2.05, 4.69) is 6.58 Å². The fourth-order valence-corrected chi connectivity index (χ4v) is 1.41. The molecule has 0 aromatic carbocycles. The van der Waals surface area contributed by atoms with E-state index >= 15 is 0 Å². The molecule has 0 aliphatic carbocycles. The molecule has 1 rings (SSSR count). The van der Waals surface area contributed by atoms with E-state index in [1.54, 1.807) is 34.6 Å². The van der Waals surface area contributed by atoms with Crippen LogP contribution in [0, 0.1) is 5.41 Å². The number of amides is 2. The van der Waals surface area contributed by atoms with E-state index in [0.29, 0.717) is 0 Å². The lowest BCUT2D eigenvalue weighted by atomic mass is 9.88. The van der Waals surface area contributed by atoms with Gasteiger partial charge in [0, 0.05) is 0 Å². The Bertz CT molecular complexity index is 350. The molecule has 0 N–H and O–H groups in total. The Kier molecular flexibility index (Phi) is 2.88. The lowest BCUT2D eigenvalue weighted by Gasteiger charge is -2.24. The van der Waals surface area contributed by atoms with Gasteiger partial charge in [0.1, 0.15) is 5.60 Å². The maximum Gasteiger partial charge on any atom is 0.417 e. The van der Waals surface area contributed by atoms with Crippen LogP contribution in [0.2, 0.25) is 0 Å². The number of likely N-dealkylation sites (tertiary alicyclic amines) is 1. The molecule has 0 aromatic heterocycles. The Hall–Kier alpha value is -1.32. The SMILES string of the molecule is C=C1CN(C(=O)OC(C)(C)C)C(=O)C1(C)C. The van der Waals surface area contributed by atoms with Crippen molar-refractivity contribution in [2.24, 2.45) is 5.41 Å². The highest BCUT2D eigenvalue weighted by atomic mass is 16.6. The molecule has 0 aromatic rings. The molecule has 0 spiro atoms. The minimum atomic E-state index is -0.670. The molecule has 1 aliphatic rings. The molecule has 0 atom stereocenters. The lowest BCUT2D eigenvalue weighted by molar-refractivity contribution is -0.133. The zero-order valence-electron chi connectivity index (χ0n) is 10.6. The van der Waals surface area contributed by atoms with E-state index in [0.717, 1.165) is 10.5 Å². The van der Waals surface area contributed by atoms with Crippen molar-refractivity contribution in [2.75, 3.05) is 6.54 Å². The lowest BCUT2D eigenvalue weighted by Crippen LogP contribution is -2.40. The van der Waals surface area contributed by atoms with Crippen LogP contribution >= 0.6 is 0 Å². The van der Waals surface area contributed by atoms with Gasteiger partial charge in [-0.15, -0.1) is 0 Å². The summed E-state index contributed by atoms with van der Waals surface area (Å²) in [6, 6.07) is 0. The molecule has 1 heterocycles. The summed E-state index contributed by atoms with van der Waals surface area (Å²) in [4.78, 5) is 24.8. The van der Waals surface area contributed by atoms with Crippen molar-refractivity contribution < 1.29 is 14.3 Å². The molecule has 4 nitrogen and oxygen atoms in total. The first-order valence-electron chi connectivity index (χ1n) is 5.29. The van der Waals surface area contributed by atoms with Crippen molar-refractivity contribution >= 4 is 12.0 Å². The molecule has 1 saturated heterocycles. The van der Waals surface area contributed by atoms with E-state index in [1.807, 2.05) is 0 Å². The summed E-state index contributed by atoms with van der Waals surface area (Å²) in [5, 5.41) is 0. The third-order valence-corrected chi connectivity index (χ3v) is 2.63. The molecule has 0 radical (unpaired) electrons. The molecule has 1 aliphatic heterocycles. The standard InChI is InChI=1S/C12H19NO3/c1-8-7-13(9(14)12(8,5)6)10(15)16-11(2,3)4/h1,7H2,2-6H3. The third kappa shape index (κ3) is 2.26. The Morgan fingerprint density at radius 3 is 2.25 bits per heavy atom. The summed E-state index contributed by atoms with van der Waals surface area (Å²) in [7, 11) is 0. The highest BCUT2D eigenvalue weighted by Crippen LogP contribution is 2.35. The molecule has 2 amide bonds. The summed E-state index contributed by atoms with van der Waals surface area (Å²) in [5.41, 5.74) is -0.522. The van der Waals surface area contributed by atoms with Crippen LogP contribution in [-0.4, -0.2) is 29.0 Å². The Morgan fingerprint density at radius 1 is 1.44 bits per heavy atom. The van der Waals surface area contributed by atoms with Gasteiger partial charge < -0.3 is 4.74 Å². The molecular formula is C12H19NO3. The molecule has 4 heteroatoms. The fourth-order valence-electron chi connectivity index (χ4n) is 1.41. The Labute approximate surface area is 96.3 Å². The van der Waals surface area contributed by atoms with Gasteiger partial charge in [-0.3, -0.25) is 4.79 Å². The normalized spacial score (nSPS) is 20.2. The van der Waals surface area contributed by atoms with Gasteiger partial charge >= 0.3 is 6.09 Å². The van der Waals surface area contributed by atoms with Crippen LogP contribution in [0.1, 0.15) is 34.6 Å². The second-order valence-electron chi connectivity index (χ2n) is 5.60. The zero-order chi connectivity index (χ0) is 12.7. The van der Waals surface area contributed by atoms with Crippen molar-refractivity contribution in [1.29, 1.82) is 0 Å². The fraction of sp³-hybridized carbons (Fsp3) is 0.667. The number of carbonyl (C=O) groups excluding carboxylic acids is 2. The summed E-state index contributed by atoms with van der Waals surface area (Å²) in [5.74, 6) is -0.244. The smallest absolute Gasteiger partial charge is 0.417 e. The van der Waals surface area contributed by atoms with E-state index < -0.39 is 17.1 Å². The van der Waals surface area contributed by atoms with Gasteiger partial charge in [-0.1, -0.05) is 6.58 Å². The van der Waals surface area contributed by atoms with Crippen LogP contribution < -0.4 is 0 Å². The van der Waals surface area contributed by atoms with Crippen LogP contribution in [0.5, 0.6) is 0 Å². The van der Waals surface area contributed by atoms with Crippen LogP contribution in [0.3, 0.4) is 0 Å². The monoisotopic (exact) mass is 225 g/mol. The number of nitrogens with zero attached hydrogens (tertiary/aromatic N) is 1. The first kappa shape index (κ1) is 12.7. The van der Waals surface area contributed by atoms with Gasteiger partial charge in [0.05, 0.1) is 12.0 Å². The molecule has 1 fully saturated rings. The van der Waals surface area contributed by atoms with Crippen molar-refractivity contribution in [3.05, 3.63) is 12.2 Å². The summed E-state index contributed by atoms with van der Waals surface area (Å²) < 4.78 is 5.16. The molecule has 90 valence electrons. The van der Waals surface area contributed by atoms with Gasteiger partial charge in [0.25, 0.3) is 0 Å². The van der Waals surface area contributed by atoms with Gasteiger partial charge in [-0.05, 0) is 40.2 Å². The quantitative estimate of drug-likeness (QED) is 0.594. The molecule has 0 saturated carbocycles. The number of hydrogen-bond donors (Lipinski definition) is 0. The topological polar surface area (TPSA) is 46.6 Å². The van der Waals surface area contributed by atoms with Crippen molar-refractivity contribution in [1.82, 2.24) is 4.90 Å².